The van der Waals surface area contributed by atoms with Crippen molar-refractivity contribution in [2.45, 2.75) is 19.9 Å². The van der Waals surface area contributed by atoms with Crippen molar-refractivity contribution in [2.75, 3.05) is 0 Å². The highest BCUT2D eigenvalue weighted by Gasteiger charge is 2.09. The Balaban J connectivity index is 2.90. The lowest BCUT2D eigenvalue weighted by molar-refractivity contribution is 0.0968. The normalized spacial score (nSPS) is 12.6. The van der Waals surface area contributed by atoms with E-state index in [2.05, 4.69) is 0 Å². The van der Waals surface area contributed by atoms with E-state index in [-0.39, 0.29) is 5.78 Å². The predicted octanol–water partition coefficient (Wildman–Crippen LogP) is 1.52. The molecule has 0 heterocycles. The molecular weight excluding hydrogens is 150 g/mol. The summed E-state index contributed by atoms with van der Waals surface area (Å²) < 4.78 is 0. The van der Waals surface area contributed by atoms with Crippen molar-refractivity contribution in [2.24, 2.45) is 5.73 Å². The van der Waals surface area contributed by atoms with Crippen LogP contribution in [-0.4, -0.2) is 11.8 Å². The van der Waals surface area contributed by atoms with Crippen molar-refractivity contribution in [1.82, 2.24) is 0 Å². The van der Waals surface area contributed by atoms with E-state index in [1.807, 2.05) is 19.1 Å². The molecule has 0 radical (unpaired) electrons. The molecule has 64 valence electrons. The largest absolute Gasteiger partial charge is 0.321 e. The number of carbonyl (C=O) groups excluding carboxylic acids is 1. The standard InChI is InChI=1S/C10H13NO/c1-7-3-5-9(6-4-7)10(12)8(2)11/h3-6,8H,11H2,1-2H3/t8-/m1/s1. The molecule has 1 aromatic carbocycles. The quantitative estimate of drug-likeness (QED) is 0.672. The Labute approximate surface area is 72.4 Å². The van der Waals surface area contributed by atoms with Gasteiger partial charge in [-0.15, -0.1) is 0 Å². The maximum Gasteiger partial charge on any atom is 0.179 e. The Bertz CT molecular complexity index is 274. The highest BCUT2D eigenvalue weighted by molar-refractivity contribution is 5.99. The summed E-state index contributed by atoms with van der Waals surface area (Å²) in [6.45, 7) is 3.68. The number of nitrogens with two attached hydrogens (primary N) is 1. The number of carbonyl (C=O) groups is 1. The molecule has 0 amide bonds. The summed E-state index contributed by atoms with van der Waals surface area (Å²) in [5, 5.41) is 0. The molecule has 12 heavy (non-hydrogen) atoms. The number of hydrogen-bond donors (Lipinski definition) is 1. The third-order valence-corrected chi connectivity index (χ3v) is 1.75. The van der Waals surface area contributed by atoms with Crippen LogP contribution in [0.4, 0.5) is 0 Å². The fourth-order valence-corrected chi connectivity index (χ4v) is 0.981. The molecule has 2 heteroatoms. The summed E-state index contributed by atoms with van der Waals surface area (Å²) in [4.78, 5) is 11.3. The molecule has 0 aliphatic rings. The minimum atomic E-state index is -0.410. The molecule has 1 atom stereocenters. The number of Topliss-reactive ketones (excluding diaryl/α,β-unsaturated/α-hetero) is 1. The van der Waals surface area contributed by atoms with Gasteiger partial charge in [-0.3, -0.25) is 4.79 Å². The fourth-order valence-electron chi connectivity index (χ4n) is 0.981. The molecule has 0 fully saturated rings. The van der Waals surface area contributed by atoms with Gasteiger partial charge in [0, 0.05) is 5.56 Å². The maximum absolute atomic E-state index is 11.3. The molecule has 0 spiro atoms. The lowest BCUT2D eigenvalue weighted by atomic mass is 10.0. The summed E-state index contributed by atoms with van der Waals surface area (Å²) in [7, 11) is 0. The maximum atomic E-state index is 11.3. The van der Waals surface area contributed by atoms with E-state index in [0.29, 0.717) is 5.56 Å². The van der Waals surface area contributed by atoms with Crippen molar-refractivity contribution >= 4 is 5.78 Å². The molecular formula is C10H13NO. The number of aryl methyl sites for hydroxylation is 1. The van der Waals surface area contributed by atoms with Crippen LogP contribution in [0.1, 0.15) is 22.8 Å². The minimum absolute atomic E-state index is 0.00463. The number of hydrogen-bond acceptors (Lipinski definition) is 2. The molecule has 0 aliphatic heterocycles. The van der Waals surface area contributed by atoms with Gasteiger partial charge in [0.15, 0.2) is 5.78 Å². The van der Waals surface area contributed by atoms with Gasteiger partial charge >= 0.3 is 0 Å². The van der Waals surface area contributed by atoms with E-state index >= 15 is 0 Å². The van der Waals surface area contributed by atoms with E-state index in [1.165, 1.54) is 0 Å². The Morgan fingerprint density at radius 3 is 2.25 bits per heavy atom. The molecule has 0 aliphatic carbocycles. The lowest BCUT2D eigenvalue weighted by Gasteiger charge is -2.03. The molecule has 2 nitrogen and oxygen atoms in total. The summed E-state index contributed by atoms with van der Waals surface area (Å²) in [6.07, 6.45) is 0. The monoisotopic (exact) mass is 163 g/mol. The van der Waals surface area contributed by atoms with E-state index in [0.717, 1.165) is 5.56 Å². The fraction of sp³-hybridized carbons (Fsp3) is 0.300. The summed E-state index contributed by atoms with van der Waals surface area (Å²) in [6, 6.07) is 7.03. The third-order valence-electron chi connectivity index (χ3n) is 1.75. The SMILES string of the molecule is Cc1ccc(C(=O)[C@@H](C)N)cc1. The summed E-state index contributed by atoms with van der Waals surface area (Å²) >= 11 is 0. The number of rotatable bonds is 2. The van der Waals surface area contributed by atoms with E-state index in [4.69, 9.17) is 5.73 Å². The van der Waals surface area contributed by atoms with Crippen molar-refractivity contribution in [1.29, 1.82) is 0 Å². The van der Waals surface area contributed by atoms with Gasteiger partial charge in [0.25, 0.3) is 0 Å². The molecule has 0 bridgehead atoms. The Hall–Kier alpha value is -1.15. The van der Waals surface area contributed by atoms with Gasteiger partial charge in [-0.2, -0.15) is 0 Å². The first-order valence-corrected chi connectivity index (χ1v) is 3.97. The van der Waals surface area contributed by atoms with E-state index < -0.39 is 6.04 Å². The van der Waals surface area contributed by atoms with Crippen LogP contribution in [0.3, 0.4) is 0 Å². The van der Waals surface area contributed by atoms with Crippen LogP contribution < -0.4 is 5.73 Å². The summed E-state index contributed by atoms with van der Waals surface area (Å²) in [5.74, 6) is -0.00463. The number of benzene rings is 1. The molecule has 0 unspecified atom stereocenters. The zero-order valence-corrected chi connectivity index (χ0v) is 7.37. The topological polar surface area (TPSA) is 43.1 Å². The van der Waals surface area contributed by atoms with Gasteiger partial charge < -0.3 is 5.73 Å². The van der Waals surface area contributed by atoms with Crippen LogP contribution in [0.25, 0.3) is 0 Å². The second-order valence-electron chi connectivity index (χ2n) is 3.02. The van der Waals surface area contributed by atoms with Crippen LogP contribution in [0.2, 0.25) is 0 Å². The minimum Gasteiger partial charge on any atom is -0.321 e. The first-order chi connectivity index (χ1) is 5.61. The average Bonchev–Trinajstić information content (AvgIpc) is 2.04. The van der Waals surface area contributed by atoms with E-state index in [1.54, 1.807) is 19.1 Å². The van der Waals surface area contributed by atoms with Crippen molar-refractivity contribution in [3.05, 3.63) is 35.4 Å². The molecule has 2 N–H and O–H groups in total. The summed E-state index contributed by atoms with van der Waals surface area (Å²) in [5.41, 5.74) is 7.30. The lowest BCUT2D eigenvalue weighted by Crippen LogP contribution is -2.26. The van der Waals surface area contributed by atoms with Crippen LogP contribution in [-0.2, 0) is 0 Å². The smallest absolute Gasteiger partial charge is 0.179 e. The first kappa shape index (κ1) is 8.94. The van der Waals surface area contributed by atoms with Gasteiger partial charge in [0.2, 0.25) is 0 Å². The van der Waals surface area contributed by atoms with Crippen molar-refractivity contribution < 1.29 is 4.79 Å². The van der Waals surface area contributed by atoms with Gasteiger partial charge in [-0.05, 0) is 13.8 Å². The van der Waals surface area contributed by atoms with Gasteiger partial charge in [0.1, 0.15) is 0 Å². The molecule has 1 aromatic rings. The highest BCUT2D eigenvalue weighted by atomic mass is 16.1. The zero-order chi connectivity index (χ0) is 9.14. The molecule has 0 saturated carbocycles. The van der Waals surface area contributed by atoms with Gasteiger partial charge in [-0.1, -0.05) is 29.8 Å². The zero-order valence-electron chi connectivity index (χ0n) is 7.37. The molecule has 0 saturated heterocycles. The average molecular weight is 163 g/mol. The van der Waals surface area contributed by atoms with Crippen LogP contribution in [0.15, 0.2) is 24.3 Å². The molecule has 1 rings (SSSR count). The van der Waals surface area contributed by atoms with Crippen LogP contribution in [0.5, 0.6) is 0 Å². The third kappa shape index (κ3) is 1.92. The van der Waals surface area contributed by atoms with Crippen molar-refractivity contribution in [3.63, 3.8) is 0 Å². The van der Waals surface area contributed by atoms with Crippen molar-refractivity contribution in [3.8, 4) is 0 Å². The second kappa shape index (κ2) is 3.50. The first-order valence-electron chi connectivity index (χ1n) is 3.97. The number of ketones is 1. The predicted molar refractivity (Wildman–Crippen MR) is 49.2 cm³/mol. The van der Waals surface area contributed by atoms with Crippen LogP contribution >= 0.6 is 0 Å². The Morgan fingerprint density at radius 2 is 1.83 bits per heavy atom. The Morgan fingerprint density at radius 1 is 1.33 bits per heavy atom. The van der Waals surface area contributed by atoms with Gasteiger partial charge in [0.05, 0.1) is 6.04 Å². The highest BCUT2D eigenvalue weighted by Crippen LogP contribution is 2.05. The second-order valence-corrected chi connectivity index (χ2v) is 3.02. The Kier molecular flexibility index (Phi) is 2.61. The molecule has 0 aromatic heterocycles. The van der Waals surface area contributed by atoms with Crippen LogP contribution in [0, 0.1) is 6.92 Å². The van der Waals surface area contributed by atoms with E-state index in [9.17, 15) is 4.79 Å². The van der Waals surface area contributed by atoms with Gasteiger partial charge in [-0.25, -0.2) is 0 Å².